The van der Waals surface area contributed by atoms with Crippen molar-refractivity contribution in [3.8, 4) is 0 Å². The van der Waals surface area contributed by atoms with Crippen LogP contribution >= 0.6 is 23.2 Å². The van der Waals surface area contributed by atoms with Crippen LogP contribution in [-0.2, 0) is 19.2 Å². The van der Waals surface area contributed by atoms with Crippen molar-refractivity contribution < 1.29 is 41.1 Å². The highest BCUT2D eigenvalue weighted by molar-refractivity contribution is 6.42. The number of alkyl halides is 5. The summed E-state index contributed by atoms with van der Waals surface area (Å²) in [6.07, 6.45) is -2.54. The van der Waals surface area contributed by atoms with Crippen LogP contribution in [-0.4, -0.2) is 48.2 Å². The maximum absolute atomic E-state index is 14.5. The lowest BCUT2D eigenvalue weighted by atomic mass is 9.94. The Kier molecular flexibility index (Phi) is 11.2. The molecule has 216 valence electrons. The second-order valence-electron chi connectivity index (χ2n) is 8.83. The van der Waals surface area contributed by atoms with Crippen LogP contribution in [0.15, 0.2) is 54.6 Å². The van der Waals surface area contributed by atoms with E-state index in [0.29, 0.717) is 10.6 Å². The van der Waals surface area contributed by atoms with E-state index in [0.717, 1.165) is 11.4 Å². The number of hydrogen-bond donors (Lipinski definition) is 3. The Morgan fingerprint density at radius 2 is 1.52 bits per heavy atom. The van der Waals surface area contributed by atoms with Crippen molar-refractivity contribution in [2.75, 3.05) is 6.54 Å². The van der Waals surface area contributed by atoms with Crippen LogP contribution < -0.4 is 16.0 Å². The van der Waals surface area contributed by atoms with E-state index in [2.05, 4.69) is 10.6 Å². The number of halogens is 7. The summed E-state index contributed by atoms with van der Waals surface area (Å²) in [5.41, 5.74) is 0.725. The molecule has 0 heterocycles. The molecule has 0 aliphatic rings. The summed E-state index contributed by atoms with van der Waals surface area (Å²) in [6, 6.07) is 8.70. The van der Waals surface area contributed by atoms with Gasteiger partial charge in [0.25, 0.3) is 5.91 Å². The molecular formula is C26H24Cl2F5N3O4. The van der Waals surface area contributed by atoms with Crippen LogP contribution in [0.1, 0.15) is 31.0 Å². The molecular weight excluding hydrogens is 584 g/mol. The average molecular weight is 608 g/mol. The van der Waals surface area contributed by atoms with E-state index in [1.807, 2.05) is 0 Å². The third-order valence-corrected chi connectivity index (χ3v) is 6.08. The minimum absolute atomic E-state index is 0.223. The molecule has 0 spiro atoms. The molecule has 0 aliphatic carbocycles. The Balaban J connectivity index is 2.26. The van der Waals surface area contributed by atoms with Gasteiger partial charge in [-0.25, -0.2) is 0 Å². The average Bonchev–Trinajstić information content (AvgIpc) is 2.88. The summed E-state index contributed by atoms with van der Waals surface area (Å²) < 4.78 is 66.1. The number of carbonyl (C=O) groups excluding carboxylic acids is 4. The van der Waals surface area contributed by atoms with Gasteiger partial charge in [-0.15, -0.1) is 0 Å². The molecule has 2 atom stereocenters. The first kappa shape index (κ1) is 32.7. The summed E-state index contributed by atoms with van der Waals surface area (Å²) >= 11 is 11.8. The van der Waals surface area contributed by atoms with Crippen LogP contribution in [0.2, 0.25) is 10.0 Å². The largest absolute Gasteiger partial charge is 0.405 e. The molecule has 0 radical (unpaired) electrons. The zero-order valence-electron chi connectivity index (χ0n) is 21.0. The fraction of sp³-hybridized carbons (Fsp3) is 0.308. The fourth-order valence-electron chi connectivity index (χ4n) is 3.29. The normalized spacial score (nSPS) is 13.6. The van der Waals surface area contributed by atoms with Gasteiger partial charge in [-0.1, -0.05) is 73.4 Å². The first-order valence-corrected chi connectivity index (χ1v) is 12.3. The molecule has 3 amide bonds. The van der Waals surface area contributed by atoms with Crippen molar-refractivity contribution in [1.82, 2.24) is 16.0 Å². The van der Waals surface area contributed by atoms with E-state index >= 15 is 0 Å². The van der Waals surface area contributed by atoms with Gasteiger partial charge in [0.1, 0.15) is 12.6 Å². The zero-order valence-corrected chi connectivity index (χ0v) is 22.5. The van der Waals surface area contributed by atoms with Crippen molar-refractivity contribution in [3.05, 3.63) is 75.8 Å². The van der Waals surface area contributed by atoms with Gasteiger partial charge in [-0.3, -0.25) is 19.2 Å². The number of ketones is 1. The van der Waals surface area contributed by atoms with Crippen molar-refractivity contribution in [1.29, 1.82) is 0 Å². The molecule has 0 aromatic heterocycles. The third-order valence-electron chi connectivity index (χ3n) is 5.34. The molecule has 7 nitrogen and oxygen atoms in total. The minimum atomic E-state index is -4.99. The second kappa shape index (κ2) is 13.7. The van der Waals surface area contributed by atoms with E-state index in [-0.39, 0.29) is 10.6 Å². The van der Waals surface area contributed by atoms with Crippen molar-refractivity contribution in [2.45, 2.75) is 38.0 Å². The number of benzene rings is 2. The van der Waals surface area contributed by atoms with E-state index in [9.17, 15) is 41.1 Å². The van der Waals surface area contributed by atoms with Gasteiger partial charge in [0.15, 0.2) is 0 Å². The van der Waals surface area contributed by atoms with Gasteiger partial charge in [0.05, 0.1) is 16.1 Å². The van der Waals surface area contributed by atoms with E-state index in [1.165, 1.54) is 56.3 Å². The second-order valence-corrected chi connectivity index (χ2v) is 9.64. The van der Waals surface area contributed by atoms with Gasteiger partial charge in [-0.05, 0) is 35.3 Å². The number of nitrogens with one attached hydrogen (secondary N) is 3. The predicted molar refractivity (Wildman–Crippen MR) is 139 cm³/mol. The smallest absolute Gasteiger partial charge is 0.344 e. The van der Waals surface area contributed by atoms with Crippen molar-refractivity contribution >= 4 is 52.8 Å². The molecule has 0 fully saturated rings. The van der Waals surface area contributed by atoms with Crippen molar-refractivity contribution in [2.24, 2.45) is 5.92 Å². The summed E-state index contributed by atoms with van der Waals surface area (Å²) in [5.74, 6) is -12.3. The molecule has 2 aromatic carbocycles. The van der Waals surface area contributed by atoms with Crippen LogP contribution in [0.4, 0.5) is 22.0 Å². The molecule has 3 N–H and O–H groups in total. The maximum Gasteiger partial charge on any atom is 0.405 e. The van der Waals surface area contributed by atoms with E-state index < -0.39 is 60.1 Å². The number of hydrogen-bond acceptors (Lipinski definition) is 4. The van der Waals surface area contributed by atoms with Gasteiger partial charge in [0.2, 0.25) is 17.6 Å². The Hall–Kier alpha value is -3.51. The Labute approximate surface area is 236 Å². The molecule has 0 saturated heterocycles. The lowest BCUT2D eigenvalue weighted by molar-refractivity contribution is -0.165. The van der Waals surface area contributed by atoms with Crippen LogP contribution in [0, 0.1) is 5.92 Å². The number of carbonyl (C=O) groups is 4. The van der Waals surface area contributed by atoms with Gasteiger partial charge >= 0.3 is 12.1 Å². The lowest BCUT2D eigenvalue weighted by Gasteiger charge is -2.27. The predicted octanol–water partition coefficient (Wildman–Crippen LogP) is 4.89. The fourth-order valence-corrected chi connectivity index (χ4v) is 3.60. The highest BCUT2D eigenvalue weighted by Gasteiger charge is 2.52. The Bertz CT molecular complexity index is 1270. The molecule has 14 heteroatoms. The van der Waals surface area contributed by atoms with Gasteiger partial charge in [-0.2, -0.15) is 22.0 Å². The molecule has 2 rings (SSSR count). The quantitative estimate of drug-likeness (QED) is 0.192. The standard InChI is InChI=1S/C26H24Cl2F5N3O4/c1-14(2)20(22(38)26(32,33)24(40)34-13-25(29,30)31)36-23(39)21(16-6-4-3-5-7-16)35-19(37)11-9-15-8-10-17(27)18(28)12-15/h3-12,14,20-21H,13H2,1-2H3,(H,34,40)(H,35,37)(H,36,39)/t20-,21-/m0/s1. The summed E-state index contributed by atoms with van der Waals surface area (Å²) in [5, 5.41) is 6.01. The zero-order chi connectivity index (χ0) is 30.3. The van der Waals surface area contributed by atoms with Gasteiger partial charge < -0.3 is 16.0 Å². The molecule has 0 unspecified atom stereocenters. The molecule has 0 saturated carbocycles. The summed E-state index contributed by atoms with van der Waals surface area (Å²) in [4.78, 5) is 50.1. The van der Waals surface area contributed by atoms with Crippen LogP contribution in [0.3, 0.4) is 0 Å². The molecule has 2 aromatic rings. The third kappa shape index (κ3) is 9.30. The summed E-state index contributed by atoms with van der Waals surface area (Å²) in [6.45, 7) is 0.483. The maximum atomic E-state index is 14.5. The van der Waals surface area contributed by atoms with E-state index in [4.69, 9.17) is 23.2 Å². The highest BCUT2D eigenvalue weighted by Crippen LogP contribution is 2.24. The topological polar surface area (TPSA) is 104 Å². The molecule has 0 bridgehead atoms. The van der Waals surface area contributed by atoms with Gasteiger partial charge in [0, 0.05) is 6.08 Å². The number of amides is 3. The molecule has 0 aliphatic heterocycles. The number of rotatable bonds is 11. The Morgan fingerprint density at radius 3 is 2.08 bits per heavy atom. The van der Waals surface area contributed by atoms with Crippen molar-refractivity contribution in [3.63, 3.8) is 0 Å². The highest BCUT2D eigenvalue weighted by atomic mass is 35.5. The number of Topliss-reactive ketones (excluding diaryl/α,β-unsaturated/α-hetero) is 1. The summed E-state index contributed by atoms with van der Waals surface area (Å²) in [7, 11) is 0. The first-order chi connectivity index (χ1) is 18.5. The van der Waals surface area contributed by atoms with Crippen LogP contribution in [0.25, 0.3) is 6.08 Å². The minimum Gasteiger partial charge on any atom is -0.344 e. The first-order valence-electron chi connectivity index (χ1n) is 11.6. The monoisotopic (exact) mass is 607 g/mol. The Morgan fingerprint density at radius 1 is 0.900 bits per heavy atom. The molecule has 40 heavy (non-hydrogen) atoms. The lowest BCUT2D eigenvalue weighted by Crippen LogP contribution is -2.58. The van der Waals surface area contributed by atoms with Crippen LogP contribution in [0.5, 0.6) is 0 Å². The SMILES string of the molecule is CC(C)[C@H](NC(=O)[C@@H](NC(=O)C=Cc1ccc(Cl)c(Cl)c1)c1ccccc1)C(=O)C(F)(F)C(=O)NCC(F)(F)F. The van der Waals surface area contributed by atoms with E-state index in [1.54, 1.807) is 12.1 Å².